The molecule has 0 fully saturated rings. The minimum atomic E-state index is -1.07. The summed E-state index contributed by atoms with van der Waals surface area (Å²) in [5.74, 6) is -2.46. The lowest BCUT2D eigenvalue weighted by Gasteiger charge is -2.08. The van der Waals surface area contributed by atoms with Gasteiger partial charge in [0.05, 0.1) is 9.99 Å². The number of rotatable bonds is 2. The van der Waals surface area contributed by atoms with Crippen molar-refractivity contribution in [3.05, 3.63) is 75.9 Å². The largest absolute Gasteiger partial charge is 0.289 e. The number of hydrogen-bond donors (Lipinski definition) is 0. The van der Waals surface area contributed by atoms with Crippen LogP contribution in [0.2, 0.25) is 0 Å². The summed E-state index contributed by atoms with van der Waals surface area (Å²) in [6.45, 7) is 0. The number of benzene rings is 2. The van der Waals surface area contributed by atoms with E-state index in [1.807, 2.05) is 0 Å². The first-order valence-corrected chi connectivity index (χ1v) is 6.91. The van der Waals surface area contributed by atoms with Crippen molar-refractivity contribution in [1.29, 1.82) is 0 Å². The highest BCUT2D eigenvalue weighted by Gasteiger charge is 2.19. The minimum Gasteiger partial charge on any atom is -0.289 e. The van der Waals surface area contributed by atoms with Gasteiger partial charge in [0.15, 0.2) is 17.4 Å². The van der Waals surface area contributed by atoms with Crippen LogP contribution in [-0.4, -0.2) is 10.8 Å². The lowest BCUT2D eigenvalue weighted by Crippen LogP contribution is -2.05. The standard InChI is InChI=1S/C16H8BrF2NO/c17-14-11(6-7-12(18)15(14)19)16(21)10-3-1-5-13-9(10)4-2-8-20-13/h1-8H. The zero-order valence-corrected chi connectivity index (χ0v) is 12.2. The molecule has 5 heteroatoms. The van der Waals surface area contributed by atoms with Crippen LogP contribution in [0.15, 0.2) is 53.1 Å². The van der Waals surface area contributed by atoms with Crippen LogP contribution in [0.4, 0.5) is 8.78 Å². The van der Waals surface area contributed by atoms with Crippen molar-refractivity contribution in [2.24, 2.45) is 0 Å². The molecule has 0 saturated carbocycles. The first kappa shape index (κ1) is 13.8. The Kier molecular flexibility index (Phi) is 3.51. The van der Waals surface area contributed by atoms with E-state index in [0.29, 0.717) is 16.5 Å². The lowest BCUT2D eigenvalue weighted by molar-refractivity contribution is 0.103. The summed E-state index contributed by atoms with van der Waals surface area (Å²) in [4.78, 5) is 16.8. The fourth-order valence-electron chi connectivity index (χ4n) is 2.15. The molecule has 1 aromatic heterocycles. The molecule has 1 heterocycles. The normalized spacial score (nSPS) is 10.8. The van der Waals surface area contributed by atoms with Crippen LogP contribution < -0.4 is 0 Å². The molecule has 0 spiro atoms. The molecule has 0 bridgehead atoms. The van der Waals surface area contributed by atoms with Gasteiger partial charge in [0.2, 0.25) is 0 Å². The van der Waals surface area contributed by atoms with Crippen molar-refractivity contribution in [3.63, 3.8) is 0 Å². The Hall–Kier alpha value is -2.14. The van der Waals surface area contributed by atoms with Crippen LogP contribution in [-0.2, 0) is 0 Å². The smallest absolute Gasteiger partial charge is 0.194 e. The van der Waals surface area contributed by atoms with E-state index < -0.39 is 11.6 Å². The van der Waals surface area contributed by atoms with Gasteiger partial charge >= 0.3 is 0 Å². The summed E-state index contributed by atoms with van der Waals surface area (Å²) in [6.07, 6.45) is 1.63. The molecule has 2 nitrogen and oxygen atoms in total. The molecule has 0 amide bonds. The number of halogens is 3. The fourth-order valence-corrected chi connectivity index (χ4v) is 2.65. The highest BCUT2D eigenvalue weighted by Crippen LogP contribution is 2.27. The van der Waals surface area contributed by atoms with Gasteiger partial charge in [0.25, 0.3) is 0 Å². The number of nitrogens with zero attached hydrogens (tertiary/aromatic N) is 1. The van der Waals surface area contributed by atoms with Gasteiger partial charge in [-0.1, -0.05) is 18.2 Å². The molecule has 0 aliphatic heterocycles. The van der Waals surface area contributed by atoms with Gasteiger partial charge < -0.3 is 0 Å². The van der Waals surface area contributed by atoms with Gasteiger partial charge in [-0.15, -0.1) is 0 Å². The average Bonchev–Trinajstić information content (AvgIpc) is 2.51. The Balaban J connectivity index is 2.20. The number of hydrogen-bond acceptors (Lipinski definition) is 2. The minimum absolute atomic E-state index is 0.0743. The van der Waals surface area contributed by atoms with Crippen molar-refractivity contribution in [3.8, 4) is 0 Å². The maximum Gasteiger partial charge on any atom is 0.194 e. The Morgan fingerprint density at radius 2 is 1.81 bits per heavy atom. The third kappa shape index (κ3) is 2.34. The van der Waals surface area contributed by atoms with Crippen LogP contribution in [0.5, 0.6) is 0 Å². The van der Waals surface area contributed by atoms with Crippen molar-refractivity contribution in [2.75, 3.05) is 0 Å². The van der Waals surface area contributed by atoms with Crippen LogP contribution in [0.25, 0.3) is 10.9 Å². The monoisotopic (exact) mass is 347 g/mol. The predicted octanol–water partition coefficient (Wildman–Crippen LogP) is 4.51. The zero-order valence-electron chi connectivity index (χ0n) is 10.6. The van der Waals surface area contributed by atoms with Gasteiger partial charge in [-0.05, 0) is 40.2 Å². The highest BCUT2D eigenvalue weighted by atomic mass is 79.9. The molecule has 104 valence electrons. The molecule has 3 rings (SSSR count). The molecule has 0 atom stereocenters. The van der Waals surface area contributed by atoms with Gasteiger partial charge in [0, 0.05) is 22.7 Å². The molecule has 0 aliphatic rings. The van der Waals surface area contributed by atoms with E-state index in [4.69, 9.17) is 0 Å². The lowest BCUT2D eigenvalue weighted by atomic mass is 9.99. The van der Waals surface area contributed by atoms with Crippen molar-refractivity contribution in [2.45, 2.75) is 0 Å². The van der Waals surface area contributed by atoms with E-state index in [0.717, 1.165) is 6.07 Å². The molecule has 0 aliphatic carbocycles. The van der Waals surface area contributed by atoms with Crippen molar-refractivity contribution in [1.82, 2.24) is 4.98 Å². The fraction of sp³-hybridized carbons (Fsp3) is 0. The summed E-state index contributed by atoms with van der Waals surface area (Å²) in [7, 11) is 0. The number of aromatic nitrogens is 1. The van der Waals surface area contributed by atoms with Crippen LogP contribution in [0.3, 0.4) is 0 Å². The summed E-state index contributed by atoms with van der Waals surface area (Å²) in [5.41, 5.74) is 1.14. The van der Waals surface area contributed by atoms with E-state index >= 15 is 0 Å². The molecule has 2 aromatic carbocycles. The third-order valence-electron chi connectivity index (χ3n) is 3.17. The Morgan fingerprint density at radius 3 is 2.62 bits per heavy atom. The van der Waals surface area contributed by atoms with Crippen molar-refractivity contribution >= 4 is 32.6 Å². The summed E-state index contributed by atoms with van der Waals surface area (Å²) in [6, 6.07) is 10.8. The number of fused-ring (bicyclic) bond motifs is 1. The van der Waals surface area contributed by atoms with E-state index in [9.17, 15) is 13.6 Å². The van der Waals surface area contributed by atoms with Crippen molar-refractivity contribution < 1.29 is 13.6 Å². The molecular formula is C16H8BrF2NO. The Morgan fingerprint density at radius 1 is 1.00 bits per heavy atom. The number of carbonyl (C=O) groups excluding carboxylic acids is 1. The van der Waals surface area contributed by atoms with E-state index in [1.54, 1.807) is 36.5 Å². The predicted molar refractivity (Wildman–Crippen MR) is 79.2 cm³/mol. The number of pyridine rings is 1. The average molecular weight is 348 g/mol. The summed E-state index contributed by atoms with van der Waals surface area (Å²) in [5, 5.41) is 0.668. The van der Waals surface area contributed by atoms with Crippen LogP contribution in [0, 0.1) is 11.6 Å². The molecule has 0 radical (unpaired) electrons. The van der Waals surface area contributed by atoms with E-state index in [-0.39, 0.29) is 15.8 Å². The molecular weight excluding hydrogens is 340 g/mol. The SMILES string of the molecule is O=C(c1ccc(F)c(F)c1Br)c1cccc2ncccc12. The molecule has 0 saturated heterocycles. The van der Waals surface area contributed by atoms with E-state index in [1.165, 1.54) is 6.07 Å². The van der Waals surface area contributed by atoms with Gasteiger partial charge in [-0.3, -0.25) is 9.78 Å². The summed E-state index contributed by atoms with van der Waals surface area (Å²) >= 11 is 2.94. The topological polar surface area (TPSA) is 30.0 Å². The molecule has 0 unspecified atom stereocenters. The number of ketones is 1. The Bertz CT molecular complexity index is 859. The highest BCUT2D eigenvalue weighted by molar-refractivity contribution is 9.10. The molecule has 21 heavy (non-hydrogen) atoms. The van der Waals surface area contributed by atoms with Gasteiger partial charge in [-0.2, -0.15) is 0 Å². The van der Waals surface area contributed by atoms with Gasteiger partial charge in [0.1, 0.15) is 0 Å². The first-order valence-electron chi connectivity index (χ1n) is 6.11. The molecule has 0 N–H and O–H groups in total. The van der Waals surface area contributed by atoms with Gasteiger partial charge in [-0.25, -0.2) is 8.78 Å². The quantitative estimate of drug-likeness (QED) is 0.504. The zero-order chi connectivity index (χ0) is 15.0. The van der Waals surface area contributed by atoms with Crippen LogP contribution >= 0.6 is 15.9 Å². The number of carbonyl (C=O) groups is 1. The second kappa shape index (κ2) is 5.33. The second-order valence-corrected chi connectivity index (χ2v) is 5.22. The Labute approximate surface area is 127 Å². The molecule has 3 aromatic rings. The van der Waals surface area contributed by atoms with E-state index in [2.05, 4.69) is 20.9 Å². The summed E-state index contributed by atoms with van der Waals surface area (Å²) < 4.78 is 26.6. The first-order chi connectivity index (χ1) is 10.1. The second-order valence-electron chi connectivity index (χ2n) is 4.43. The maximum atomic E-state index is 13.6. The maximum absolute atomic E-state index is 13.6. The van der Waals surface area contributed by atoms with Crippen LogP contribution in [0.1, 0.15) is 15.9 Å². The third-order valence-corrected chi connectivity index (χ3v) is 3.95.